The maximum absolute atomic E-state index is 6.08. The van der Waals surface area contributed by atoms with Gasteiger partial charge >= 0.3 is 0 Å². The summed E-state index contributed by atoms with van der Waals surface area (Å²) < 4.78 is 9.82. The largest absolute Gasteiger partial charge is 0.497 e. The highest BCUT2D eigenvalue weighted by Gasteiger charge is 2.18. The van der Waals surface area contributed by atoms with Crippen molar-refractivity contribution in [1.29, 1.82) is 0 Å². The van der Waals surface area contributed by atoms with Crippen molar-refractivity contribution in [1.82, 2.24) is 19.3 Å². The van der Waals surface area contributed by atoms with Crippen LogP contribution in [0.3, 0.4) is 0 Å². The van der Waals surface area contributed by atoms with Crippen LogP contribution in [0.5, 0.6) is 5.75 Å². The van der Waals surface area contributed by atoms with Crippen LogP contribution < -0.4 is 10.5 Å². The molecular formula is C13H14BrN5O. The molecule has 0 atom stereocenters. The first-order valence-electron chi connectivity index (χ1n) is 6.04. The fourth-order valence-corrected chi connectivity index (χ4v) is 2.74. The van der Waals surface area contributed by atoms with Crippen LogP contribution in [0.2, 0.25) is 0 Å². The number of nitrogens with zero attached hydrogens (tertiary/aromatic N) is 4. The Bertz CT molecular complexity index is 805. The second-order valence-corrected chi connectivity index (χ2v) is 5.36. The maximum Gasteiger partial charge on any atom is 0.207 e. The average molecular weight is 336 g/mol. The highest BCUT2D eigenvalue weighted by Crippen LogP contribution is 2.31. The number of benzene rings is 1. The summed E-state index contributed by atoms with van der Waals surface area (Å²) in [6.45, 7) is 1.92. The molecule has 0 bridgehead atoms. The standard InChI is InChI=1S/C13H14BrN5O/c1-7-11-12(18(2)17-7)19(13(15)16-11)10-6-8(20-3)4-5-9(10)14/h4-6H,1-3H3,(H2,15,16). The van der Waals surface area contributed by atoms with E-state index < -0.39 is 0 Å². The van der Waals surface area contributed by atoms with E-state index in [-0.39, 0.29) is 0 Å². The second-order valence-electron chi connectivity index (χ2n) is 4.50. The first-order chi connectivity index (χ1) is 9.52. The van der Waals surface area contributed by atoms with Gasteiger partial charge in [-0.05, 0) is 35.0 Å². The van der Waals surface area contributed by atoms with E-state index in [0.29, 0.717) is 5.95 Å². The maximum atomic E-state index is 6.08. The number of ether oxygens (including phenoxy) is 1. The van der Waals surface area contributed by atoms with E-state index in [1.54, 1.807) is 11.8 Å². The molecule has 0 aliphatic carbocycles. The molecule has 2 aromatic heterocycles. The summed E-state index contributed by atoms with van der Waals surface area (Å²) in [5.74, 6) is 1.17. The lowest BCUT2D eigenvalue weighted by Crippen LogP contribution is -2.05. The lowest BCUT2D eigenvalue weighted by Gasteiger charge is -2.11. The third-order valence-electron chi connectivity index (χ3n) is 3.22. The minimum absolute atomic E-state index is 0.421. The van der Waals surface area contributed by atoms with Crippen molar-refractivity contribution in [2.24, 2.45) is 7.05 Å². The molecule has 0 fully saturated rings. The Kier molecular flexibility index (Phi) is 2.93. The van der Waals surface area contributed by atoms with E-state index in [0.717, 1.165) is 32.8 Å². The molecule has 0 aliphatic heterocycles. The van der Waals surface area contributed by atoms with Crippen molar-refractivity contribution in [2.75, 3.05) is 12.8 Å². The van der Waals surface area contributed by atoms with Crippen LogP contribution in [0, 0.1) is 6.92 Å². The number of fused-ring (bicyclic) bond motifs is 1. The van der Waals surface area contributed by atoms with Gasteiger partial charge in [-0.3, -0.25) is 4.57 Å². The molecule has 7 heteroatoms. The zero-order valence-electron chi connectivity index (χ0n) is 11.4. The number of anilines is 1. The van der Waals surface area contributed by atoms with Crippen LogP contribution in [0.1, 0.15) is 5.69 Å². The van der Waals surface area contributed by atoms with Gasteiger partial charge in [0.2, 0.25) is 5.95 Å². The van der Waals surface area contributed by atoms with Gasteiger partial charge in [0.05, 0.1) is 18.5 Å². The van der Waals surface area contributed by atoms with Gasteiger partial charge in [-0.15, -0.1) is 0 Å². The SMILES string of the molecule is COc1ccc(Br)c(-n2c(N)nc3c(C)nn(C)c32)c1. The average Bonchev–Trinajstić information content (AvgIpc) is 2.89. The number of nitrogens with two attached hydrogens (primary N) is 1. The first-order valence-corrected chi connectivity index (χ1v) is 6.83. The molecule has 0 amide bonds. The van der Waals surface area contributed by atoms with Crippen molar-refractivity contribution in [3.05, 3.63) is 28.4 Å². The van der Waals surface area contributed by atoms with Crippen LogP contribution in [0.25, 0.3) is 16.9 Å². The molecule has 3 aromatic rings. The number of imidazole rings is 1. The van der Waals surface area contributed by atoms with Gasteiger partial charge in [0.15, 0.2) is 5.65 Å². The van der Waals surface area contributed by atoms with E-state index in [4.69, 9.17) is 10.5 Å². The van der Waals surface area contributed by atoms with Gasteiger partial charge in [0.1, 0.15) is 11.3 Å². The third kappa shape index (κ3) is 1.77. The van der Waals surface area contributed by atoms with Crippen LogP contribution in [0.15, 0.2) is 22.7 Å². The number of hydrogen-bond donors (Lipinski definition) is 1. The Hall–Kier alpha value is -2.02. The molecule has 2 N–H and O–H groups in total. The van der Waals surface area contributed by atoms with Crippen molar-refractivity contribution in [2.45, 2.75) is 6.92 Å². The Morgan fingerprint density at radius 3 is 2.80 bits per heavy atom. The van der Waals surface area contributed by atoms with E-state index >= 15 is 0 Å². The van der Waals surface area contributed by atoms with Gasteiger partial charge in [0.25, 0.3) is 0 Å². The number of aromatic nitrogens is 4. The number of rotatable bonds is 2. The molecule has 0 radical (unpaired) electrons. The molecule has 0 spiro atoms. The van der Waals surface area contributed by atoms with Crippen molar-refractivity contribution >= 4 is 33.0 Å². The number of aryl methyl sites for hydroxylation is 2. The summed E-state index contributed by atoms with van der Waals surface area (Å²) in [5, 5.41) is 4.38. The molecule has 2 heterocycles. The van der Waals surface area contributed by atoms with Gasteiger partial charge in [-0.25, -0.2) is 9.67 Å². The summed E-state index contributed by atoms with van der Waals surface area (Å²) in [6, 6.07) is 5.71. The Balaban J connectivity index is 2.37. The van der Waals surface area contributed by atoms with Gasteiger partial charge in [-0.1, -0.05) is 0 Å². The first kappa shape index (κ1) is 13.0. The normalized spacial score (nSPS) is 11.2. The number of methoxy groups -OCH3 is 1. The molecule has 0 aliphatic rings. The Labute approximate surface area is 124 Å². The lowest BCUT2D eigenvalue weighted by atomic mass is 10.3. The van der Waals surface area contributed by atoms with Gasteiger partial charge < -0.3 is 10.5 Å². The minimum Gasteiger partial charge on any atom is -0.497 e. The number of hydrogen-bond acceptors (Lipinski definition) is 4. The summed E-state index contributed by atoms with van der Waals surface area (Å²) in [5.41, 5.74) is 9.46. The van der Waals surface area contributed by atoms with E-state index in [1.165, 1.54) is 0 Å². The summed E-state index contributed by atoms with van der Waals surface area (Å²) >= 11 is 3.54. The summed E-state index contributed by atoms with van der Waals surface area (Å²) in [4.78, 5) is 4.40. The van der Waals surface area contributed by atoms with Crippen LogP contribution in [0.4, 0.5) is 5.95 Å². The number of nitrogen functional groups attached to an aromatic ring is 1. The molecule has 0 saturated heterocycles. The molecule has 20 heavy (non-hydrogen) atoms. The molecule has 6 nitrogen and oxygen atoms in total. The van der Waals surface area contributed by atoms with Crippen LogP contribution >= 0.6 is 15.9 Å². The molecule has 1 aromatic carbocycles. The summed E-state index contributed by atoms with van der Waals surface area (Å²) in [6.07, 6.45) is 0. The smallest absolute Gasteiger partial charge is 0.207 e. The van der Waals surface area contributed by atoms with Crippen molar-refractivity contribution in [3.63, 3.8) is 0 Å². The lowest BCUT2D eigenvalue weighted by molar-refractivity contribution is 0.414. The third-order valence-corrected chi connectivity index (χ3v) is 3.89. The highest BCUT2D eigenvalue weighted by molar-refractivity contribution is 9.10. The Morgan fingerprint density at radius 2 is 2.10 bits per heavy atom. The fourth-order valence-electron chi connectivity index (χ4n) is 2.32. The van der Waals surface area contributed by atoms with E-state index in [1.807, 2.05) is 36.7 Å². The Morgan fingerprint density at radius 1 is 1.35 bits per heavy atom. The molecule has 0 unspecified atom stereocenters. The fraction of sp³-hybridized carbons (Fsp3) is 0.231. The van der Waals surface area contributed by atoms with Crippen LogP contribution in [-0.2, 0) is 7.05 Å². The monoisotopic (exact) mass is 335 g/mol. The molecular weight excluding hydrogens is 322 g/mol. The molecule has 0 saturated carbocycles. The molecule has 104 valence electrons. The van der Waals surface area contributed by atoms with Gasteiger partial charge in [0, 0.05) is 17.6 Å². The minimum atomic E-state index is 0.421. The highest BCUT2D eigenvalue weighted by atomic mass is 79.9. The zero-order chi connectivity index (χ0) is 14.4. The van der Waals surface area contributed by atoms with Gasteiger partial charge in [-0.2, -0.15) is 5.10 Å². The van der Waals surface area contributed by atoms with Crippen molar-refractivity contribution < 1.29 is 4.74 Å². The molecule has 3 rings (SSSR count). The predicted octanol–water partition coefficient (Wildman–Crippen LogP) is 2.42. The zero-order valence-corrected chi connectivity index (χ0v) is 13.0. The van der Waals surface area contributed by atoms with Crippen LogP contribution in [-0.4, -0.2) is 26.4 Å². The number of halogens is 1. The predicted molar refractivity (Wildman–Crippen MR) is 81.2 cm³/mol. The van der Waals surface area contributed by atoms with Crippen molar-refractivity contribution in [3.8, 4) is 11.4 Å². The second kappa shape index (κ2) is 4.52. The quantitative estimate of drug-likeness (QED) is 0.780. The van der Waals surface area contributed by atoms with E-state index in [2.05, 4.69) is 26.0 Å². The van der Waals surface area contributed by atoms with E-state index in [9.17, 15) is 0 Å². The summed E-state index contributed by atoms with van der Waals surface area (Å²) in [7, 11) is 3.51. The topological polar surface area (TPSA) is 70.9 Å².